The second-order valence-electron chi connectivity index (χ2n) is 6.79. The van der Waals surface area contributed by atoms with E-state index in [2.05, 4.69) is 27.7 Å². The number of hydrogen-bond acceptors (Lipinski definition) is 2. The zero-order chi connectivity index (χ0) is 20.9. The van der Waals surface area contributed by atoms with Gasteiger partial charge in [-0.3, -0.25) is 0 Å². The highest BCUT2D eigenvalue weighted by Gasteiger charge is 2.29. The number of phenolic OH excluding ortho intramolecular Hbond substituents is 1. The number of phenols is 1. The van der Waals surface area contributed by atoms with Gasteiger partial charge in [-0.1, -0.05) is 58.6 Å². The summed E-state index contributed by atoms with van der Waals surface area (Å²) in [5.41, 5.74) is 0.164. The zero-order valence-corrected chi connectivity index (χ0v) is 18.0. The Labute approximate surface area is 163 Å². The third kappa shape index (κ3) is 13.1. The highest BCUT2D eigenvalue weighted by atomic mass is 35.5. The number of Topliss-reactive ketones (excluding diaryl/α,β-unsaturated/α-hetero) is 1. The van der Waals surface area contributed by atoms with E-state index in [4.69, 9.17) is 11.6 Å². The Balaban J connectivity index is 0. The van der Waals surface area contributed by atoms with E-state index >= 15 is 0 Å². The van der Waals surface area contributed by atoms with E-state index in [9.17, 15) is 18.7 Å². The quantitative estimate of drug-likeness (QED) is 0.539. The molecule has 5 heteroatoms. The number of hydrogen-bond donors (Lipinski definition) is 1. The van der Waals surface area contributed by atoms with Gasteiger partial charge < -0.3 is 9.90 Å². The first kappa shape index (κ1) is 27.1. The van der Waals surface area contributed by atoms with Crippen LogP contribution >= 0.6 is 11.6 Å². The molecule has 0 radical (unpaired) electrons. The summed E-state index contributed by atoms with van der Waals surface area (Å²) in [6.07, 6.45) is 5.65. The first-order valence-corrected chi connectivity index (χ1v) is 9.65. The summed E-state index contributed by atoms with van der Waals surface area (Å²) >= 11 is 5.54. The van der Waals surface area contributed by atoms with Gasteiger partial charge in [-0.2, -0.15) is 0 Å². The Morgan fingerprint density at radius 3 is 2.08 bits per heavy atom. The van der Waals surface area contributed by atoms with Crippen molar-refractivity contribution >= 4 is 17.4 Å². The van der Waals surface area contributed by atoms with Crippen LogP contribution in [-0.4, -0.2) is 10.9 Å². The molecule has 1 aromatic rings. The summed E-state index contributed by atoms with van der Waals surface area (Å²) in [6.45, 7) is 12.7. The molecule has 152 valence electrons. The average molecular weight is 393 g/mol. The van der Waals surface area contributed by atoms with Crippen molar-refractivity contribution < 1.29 is 18.7 Å². The molecule has 26 heavy (non-hydrogen) atoms. The maximum Gasteiger partial charge on any atom is 0.274 e. The smallest absolute Gasteiger partial charge is 0.274 e. The van der Waals surface area contributed by atoms with E-state index in [1.165, 1.54) is 31.4 Å². The van der Waals surface area contributed by atoms with Gasteiger partial charge in [0.2, 0.25) is 0 Å². The molecule has 1 N–H and O–H groups in total. The van der Waals surface area contributed by atoms with Crippen LogP contribution in [0.2, 0.25) is 5.02 Å². The fourth-order valence-electron chi connectivity index (χ4n) is 1.72. The van der Waals surface area contributed by atoms with E-state index in [1.54, 1.807) is 13.8 Å². The molecule has 1 atom stereocenters. The highest BCUT2D eigenvalue weighted by Crippen LogP contribution is 2.38. The second-order valence-corrected chi connectivity index (χ2v) is 7.19. The Kier molecular flexibility index (Phi) is 14.5. The molecule has 0 saturated carbocycles. The SMILES string of the molecule is CCC(C)CCC(C)=O.CCCC.Cc1cc(Cl)c(O)c(C(C)(F)F)c1. The van der Waals surface area contributed by atoms with E-state index < -0.39 is 17.2 Å². The van der Waals surface area contributed by atoms with Gasteiger partial charge >= 0.3 is 0 Å². The molecule has 1 aromatic carbocycles. The monoisotopic (exact) mass is 392 g/mol. The maximum atomic E-state index is 12.9. The van der Waals surface area contributed by atoms with E-state index in [-0.39, 0.29) is 5.02 Å². The Bertz CT molecular complexity index is 523. The van der Waals surface area contributed by atoms with Crippen LogP contribution in [0.4, 0.5) is 8.78 Å². The average Bonchev–Trinajstić information content (AvgIpc) is 2.55. The fourth-order valence-corrected chi connectivity index (χ4v) is 2.00. The lowest BCUT2D eigenvalue weighted by Crippen LogP contribution is -2.07. The minimum Gasteiger partial charge on any atom is -0.506 e. The number of benzene rings is 1. The summed E-state index contributed by atoms with van der Waals surface area (Å²) in [7, 11) is 0. The van der Waals surface area contributed by atoms with Gasteiger partial charge in [0.25, 0.3) is 5.92 Å². The van der Waals surface area contributed by atoms with Crippen molar-refractivity contribution in [3.8, 4) is 5.75 Å². The van der Waals surface area contributed by atoms with Crippen LogP contribution in [0.3, 0.4) is 0 Å². The molecule has 0 amide bonds. The van der Waals surface area contributed by atoms with Gasteiger partial charge in [-0.25, -0.2) is 8.78 Å². The molecule has 0 aromatic heterocycles. The number of rotatable bonds is 6. The van der Waals surface area contributed by atoms with Crippen molar-refractivity contribution in [2.75, 3.05) is 0 Å². The molecule has 0 bridgehead atoms. The summed E-state index contributed by atoms with van der Waals surface area (Å²) in [5, 5.41) is 9.20. The van der Waals surface area contributed by atoms with E-state index in [0.29, 0.717) is 17.3 Å². The first-order valence-electron chi connectivity index (χ1n) is 9.27. The topological polar surface area (TPSA) is 37.3 Å². The van der Waals surface area contributed by atoms with Gasteiger partial charge in [0, 0.05) is 13.3 Å². The van der Waals surface area contributed by atoms with Crippen molar-refractivity contribution in [1.82, 2.24) is 0 Å². The van der Waals surface area contributed by atoms with Gasteiger partial charge in [-0.15, -0.1) is 0 Å². The normalized spacial score (nSPS) is 11.6. The predicted octanol–water partition coefficient (Wildman–Crippen LogP) is 7.67. The van der Waals surface area contributed by atoms with Crippen LogP contribution in [0.25, 0.3) is 0 Å². The van der Waals surface area contributed by atoms with Crippen molar-refractivity contribution in [3.05, 3.63) is 28.3 Å². The summed E-state index contributed by atoms with van der Waals surface area (Å²) < 4.78 is 25.7. The lowest BCUT2D eigenvalue weighted by Gasteiger charge is -2.14. The Hall–Kier alpha value is -1.16. The Morgan fingerprint density at radius 2 is 1.73 bits per heavy atom. The van der Waals surface area contributed by atoms with Crippen LogP contribution < -0.4 is 0 Å². The summed E-state index contributed by atoms with van der Waals surface area (Å²) in [5.74, 6) is -2.58. The van der Waals surface area contributed by atoms with Gasteiger partial charge in [0.15, 0.2) is 0 Å². The molecule has 0 aliphatic rings. The van der Waals surface area contributed by atoms with Gasteiger partial charge in [0.05, 0.1) is 10.6 Å². The molecule has 0 spiro atoms. The van der Waals surface area contributed by atoms with E-state index in [1.807, 2.05) is 0 Å². The minimum atomic E-state index is -3.07. The number of alkyl halides is 2. The van der Waals surface area contributed by atoms with Gasteiger partial charge in [-0.05, 0) is 43.9 Å². The first-order chi connectivity index (χ1) is 11.9. The summed E-state index contributed by atoms with van der Waals surface area (Å²) in [6, 6.07) is 2.66. The Morgan fingerprint density at radius 1 is 1.23 bits per heavy atom. The molecule has 1 rings (SSSR count). The molecule has 0 aliphatic heterocycles. The second kappa shape index (κ2) is 14.0. The van der Waals surface area contributed by atoms with Crippen LogP contribution in [-0.2, 0) is 10.7 Å². The number of carbonyl (C=O) groups is 1. The van der Waals surface area contributed by atoms with Crippen LogP contribution in [0, 0.1) is 12.8 Å². The third-order valence-electron chi connectivity index (χ3n) is 3.87. The number of unbranched alkanes of at least 4 members (excludes halogenated alkanes) is 1. The van der Waals surface area contributed by atoms with Crippen molar-refractivity contribution in [3.63, 3.8) is 0 Å². The van der Waals surface area contributed by atoms with Gasteiger partial charge in [0.1, 0.15) is 11.5 Å². The van der Waals surface area contributed by atoms with Crippen molar-refractivity contribution in [2.45, 2.75) is 86.5 Å². The van der Waals surface area contributed by atoms with Crippen LogP contribution in [0.1, 0.15) is 84.8 Å². The fraction of sp³-hybridized carbons (Fsp3) is 0.667. The lowest BCUT2D eigenvalue weighted by molar-refractivity contribution is -0.117. The van der Waals surface area contributed by atoms with Crippen molar-refractivity contribution in [1.29, 1.82) is 0 Å². The molecule has 0 saturated heterocycles. The molecule has 2 nitrogen and oxygen atoms in total. The number of aryl methyl sites for hydroxylation is 1. The number of aromatic hydroxyl groups is 1. The third-order valence-corrected chi connectivity index (χ3v) is 4.15. The number of ketones is 1. The lowest BCUT2D eigenvalue weighted by atomic mass is 10.0. The predicted molar refractivity (Wildman–Crippen MR) is 107 cm³/mol. The highest BCUT2D eigenvalue weighted by molar-refractivity contribution is 6.32. The van der Waals surface area contributed by atoms with E-state index in [0.717, 1.165) is 19.8 Å². The number of halogens is 3. The largest absolute Gasteiger partial charge is 0.506 e. The summed E-state index contributed by atoms with van der Waals surface area (Å²) in [4.78, 5) is 10.5. The standard InChI is InChI=1S/C9H9ClF2O.C8H16O.C4H10/c1-5-3-6(9(2,11)12)8(13)7(10)4-5;1-4-7(2)5-6-8(3)9;1-3-4-2/h3-4,13H,1-2H3;7H,4-6H2,1-3H3;3-4H2,1-2H3. The maximum absolute atomic E-state index is 12.9. The molecule has 1 unspecified atom stereocenters. The van der Waals surface area contributed by atoms with Crippen LogP contribution in [0.5, 0.6) is 5.75 Å². The molecule has 0 heterocycles. The molecule has 0 aliphatic carbocycles. The zero-order valence-electron chi connectivity index (χ0n) is 17.3. The van der Waals surface area contributed by atoms with Crippen LogP contribution in [0.15, 0.2) is 12.1 Å². The minimum absolute atomic E-state index is 0.0449. The number of carbonyl (C=O) groups excluding carboxylic acids is 1. The molecule has 0 fully saturated rings. The molecular weight excluding hydrogens is 358 g/mol. The molecular formula is C21H35ClF2O2. The van der Waals surface area contributed by atoms with Crippen molar-refractivity contribution in [2.24, 2.45) is 5.92 Å².